The molecule has 0 aliphatic heterocycles. The predicted molar refractivity (Wildman–Crippen MR) is 159 cm³/mol. The number of ether oxygens (including phenoxy) is 4. The molecule has 0 unspecified atom stereocenters. The Labute approximate surface area is 244 Å². The van der Waals surface area contributed by atoms with Gasteiger partial charge in [0, 0.05) is 22.3 Å². The average molecular weight is 569 g/mol. The monoisotopic (exact) mass is 568 g/mol. The van der Waals surface area contributed by atoms with Gasteiger partial charge >= 0.3 is 0 Å². The fourth-order valence-corrected chi connectivity index (χ4v) is 3.75. The van der Waals surface area contributed by atoms with Crippen LogP contribution in [0.15, 0.2) is 97.1 Å². The third-order valence-corrected chi connectivity index (χ3v) is 5.97. The molecule has 4 rings (SSSR count). The van der Waals surface area contributed by atoms with E-state index in [1.807, 2.05) is 13.8 Å². The maximum atomic E-state index is 12.2. The molecule has 0 aromatic heterocycles. The fraction of sp³-hybridized carbons (Fsp3) is 0.176. The molecule has 0 N–H and O–H groups in total. The second kappa shape index (κ2) is 15.5. The van der Waals surface area contributed by atoms with Gasteiger partial charge in [0.2, 0.25) is 23.1 Å². The van der Waals surface area contributed by atoms with Crippen molar-refractivity contribution in [1.29, 1.82) is 0 Å². The Morgan fingerprint density at radius 3 is 0.810 bits per heavy atom. The van der Waals surface area contributed by atoms with Gasteiger partial charge in [-0.15, -0.1) is 0 Å². The van der Waals surface area contributed by atoms with E-state index in [4.69, 9.17) is 18.9 Å². The van der Waals surface area contributed by atoms with Gasteiger partial charge in [-0.05, 0) is 111 Å². The average Bonchev–Trinajstić information content (AvgIpc) is 3.05. The zero-order chi connectivity index (χ0) is 30.5. The van der Waals surface area contributed by atoms with Crippen molar-refractivity contribution in [3.05, 3.63) is 119 Å². The van der Waals surface area contributed by atoms with E-state index >= 15 is 0 Å². The van der Waals surface area contributed by atoms with E-state index in [1.54, 1.807) is 111 Å². The highest BCUT2D eigenvalue weighted by molar-refractivity contribution is 6.49. The molecule has 0 amide bonds. The van der Waals surface area contributed by atoms with Crippen LogP contribution in [0.5, 0.6) is 23.0 Å². The molecule has 0 spiro atoms. The standard InChI is InChI=1S/C18H18O4.C16H14O4/c1-3-21-15-9-5-13(6-10-15)17(19)18(20)14-7-11-16(12-8-14)22-4-2;1-19-13-7-3-11(4-8-13)15(17)16(18)12-5-9-14(20-2)10-6-12/h5-12H,3-4H2,1-2H3;3-10H,1-2H3. The molecule has 0 aliphatic carbocycles. The maximum Gasteiger partial charge on any atom is 0.233 e. The molecule has 0 heterocycles. The molecule has 0 radical (unpaired) electrons. The number of rotatable bonds is 12. The van der Waals surface area contributed by atoms with E-state index in [0.717, 1.165) is 0 Å². The molecule has 216 valence electrons. The summed E-state index contributed by atoms with van der Waals surface area (Å²) in [5.74, 6) is 0.465. The lowest BCUT2D eigenvalue weighted by molar-refractivity contribution is 0.0817. The minimum atomic E-state index is -0.544. The van der Waals surface area contributed by atoms with E-state index in [9.17, 15) is 19.2 Å². The fourth-order valence-electron chi connectivity index (χ4n) is 3.75. The van der Waals surface area contributed by atoms with Gasteiger partial charge in [0.25, 0.3) is 0 Å². The van der Waals surface area contributed by atoms with E-state index < -0.39 is 23.1 Å². The van der Waals surface area contributed by atoms with Gasteiger partial charge in [-0.3, -0.25) is 19.2 Å². The lowest BCUT2D eigenvalue weighted by Gasteiger charge is -2.05. The predicted octanol–water partition coefficient (Wildman–Crippen LogP) is 6.32. The van der Waals surface area contributed by atoms with Crippen LogP contribution in [0.4, 0.5) is 0 Å². The topological polar surface area (TPSA) is 105 Å². The lowest BCUT2D eigenvalue weighted by atomic mass is 10.0. The molecule has 0 aliphatic rings. The largest absolute Gasteiger partial charge is 0.497 e. The molecule has 0 saturated heterocycles. The number of benzene rings is 4. The van der Waals surface area contributed by atoms with E-state index in [2.05, 4.69) is 0 Å². The molecule has 42 heavy (non-hydrogen) atoms. The molecule has 4 aromatic carbocycles. The van der Waals surface area contributed by atoms with Crippen LogP contribution in [0.25, 0.3) is 0 Å². The zero-order valence-electron chi connectivity index (χ0n) is 23.9. The van der Waals surface area contributed by atoms with Crippen molar-refractivity contribution in [2.75, 3.05) is 27.4 Å². The van der Waals surface area contributed by atoms with Gasteiger partial charge in [0.1, 0.15) is 23.0 Å². The third-order valence-electron chi connectivity index (χ3n) is 5.97. The summed E-state index contributed by atoms with van der Waals surface area (Å²) < 4.78 is 20.6. The van der Waals surface area contributed by atoms with Gasteiger partial charge in [-0.1, -0.05) is 0 Å². The highest BCUT2D eigenvalue weighted by Gasteiger charge is 2.19. The highest BCUT2D eigenvalue weighted by atomic mass is 16.5. The number of hydrogen-bond donors (Lipinski definition) is 0. The minimum Gasteiger partial charge on any atom is -0.497 e. The first kappa shape index (κ1) is 31.3. The molecule has 0 saturated carbocycles. The van der Waals surface area contributed by atoms with Crippen molar-refractivity contribution in [1.82, 2.24) is 0 Å². The van der Waals surface area contributed by atoms with Crippen molar-refractivity contribution >= 4 is 23.1 Å². The molecule has 8 heteroatoms. The summed E-state index contributed by atoms with van der Waals surface area (Å²) in [6.45, 7) is 4.87. The van der Waals surface area contributed by atoms with Gasteiger partial charge in [0.05, 0.1) is 27.4 Å². The first-order valence-electron chi connectivity index (χ1n) is 13.2. The van der Waals surface area contributed by atoms with Gasteiger partial charge in [0.15, 0.2) is 0 Å². The Hall–Kier alpha value is -5.24. The van der Waals surface area contributed by atoms with Crippen molar-refractivity contribution in [3.63, 3.8) is 0 Å². The second-order valence-corrected chi connectivity index (χ2v) is 8.69. The van der Waals surface area contributed by atoms with Crippen LogP contribution in [0.1, 0.15) is 55.3 Å². The molecule has 0 atom stereocenters. The summed E-state index contributed by atoms with van der Waals surface area (Å²) in [7, 11) is 3.08. The minimum absolute atomic E-state index is 0.339. The van der Waals surface area contributed by atoms with Crippen LogP contribution < -0.4 is 18.9 Å². The normalized spacial score (nSPS) is 10.0. The summed E-state index contributed by atoms with van der Waals surface area (Å²) in [6, 6.07) is 26.0. The SMILES string of the molecule is CCOc1ccc(C(=O)C(=O)c2ccc(OCC)cc2)cc1.COc1ccc(C(=O)C(=O)c2ccc(OC)cc2)cc1. The number of ketones is 4. The van der Waals surface area contributed by atoms with Crippen LogP contribution >= 0.6 is 0 Å². The quantitative estimate of drug-likeness (QED) is 0.144. The van der Waals surface area contributed by atoms with Gasteiger partial charge < -0.3 is 18.9 Å². The summed E-state index contributed by atoms with van der Waals surface area (Å²) in [6.07, 6.45) is 0. The smallest absolute Gasteiger partial charge is 0.233 e. The Balaban J connectivity index is 0.000000231. The van der Waals surface area contributed by atoms with Crippen molar-refractivity contribution in [2.45, 2.75) is 13.8 Å². The Kier molecular flexibility index (Phi) is 11.6. The number of hydrogen-bond acceptors (Lipinski definition) is 8. The van der Waals surface area contributed by atoms with Crippen molar-refractivity contribution < 1.29 is 38.1 Å². The second-order valence-electron chi connectivity index (χ2n) is 8.69. The molecule has 0 fully saturated rings. The molecular formula is C34H32O8. The maximum absolute atomic E-state index is 12.2. The van der Waals surface area contributed by atoms with Crippen LogP contribution in [0.3, 0.4) is 0 Å². The zero-order valence-corrected chi connectivity index (χ0v) is 23.9. The number of carbonyl (C=O) groups excluding carboxylic acids is 4. The van der Waals surface area contributed by atoms with Crippen LogP contribution in [-0.2, 0) is 0 Å². The molecule has 8 nitrogen and oxygen atoms in total. The van der Waals surface area contributed by atoms with E-state index in [-0.39, 0.29) is 0 Å². The van der Waals surface area contributed by atoms with Crippen molar-refractivity contribution in [3.8, 4) is 23.0 Å². The van der Waals surface area contributed by atoms with Crippen LogP contribution in [0.2, 0.25) is 0 Å². The first-order valence-corrected chi connectivity index (χ1v) is 13.2. The summed E-state index contributed by atoms with van der Waals surface area (Å²) in [4.78, 5) is 48.6. The van der Waals surface area contributed by atoms with Gasteiger partial charge in [-0.2, -0.15) is 0 Å². The Bertz CT molecular complexity index is 1370. The summed E-state index contributed by atoms with van der Waals surface area (Å²) in [5, 5.41) is 0. The Morgan fingerprint density at radius 2 is 0.619 bits per heavy atom. The number of carbonyl (C=O) groups is 4. The lowest BCUT2D eigenvalue weighted by Crippen LogP contribution is -2.14. The molecule has 0 bridgehead atoms. The van der Waals surface area contributed by atoms with Crippen molar-refractivity contribution in [2.24, 2.45) is 0 Å². The number of methoxy groups -OCH3 is 2. The summed E-state index contributed by atoms with van der Waals surface area (Å²) >= 11 is 0. The van der Waals surface area contributed by atoms with Crippen LogP contribution in [-0.4, -0.2) is 50.6 Å². The Morgan fingerprint density at radius 1 is 0.405 bits per heavy atom. The van der Waals surface area contributed by atoms with Crippen LogP contribution in [0, 0.1) is 0 Å². The molecular weight excluding hydrogens is 536 g/mol. The first-order chi connectivity index (χ1) is 20.3. The third kappa shape index (κ3) is 8.38. The number of Topliss-reactive ketones (excluding diaryl/α,β-unsaturated/α-hetero) is 4. The van der Waals surface area contributed by atoms with Gasteiger partial charge in [-0.25, -0.2) is 0 Å². The van der Waals surface area contributed by atoms with E-state index in [0.29, 0.717) is 58.5 Å². The van der Waals surface area contributed by atoms with E-state index in [1.165, 1.54) is 0 Å². The summed E-state index contributed by atoms with van der Waals surface area (Å²) in [5.41, 5.74) is 1.38. The molecule has 4 aromatic rings. The highest BCUT2D eigenvalue weighted by Crippen LogP contribution is 2.18.